The molecule has 0 aromatic carbocycles. The molecule has 0 aliphatic rings. The molecule has 0 aromatic rings. The maximum atomic E-state index is 12.7. The predicted octanol–water partition coefficient (Wildman–Crippen LogP) is 19.5. The topological polar surface area (TPSA) is 78.9 Å². The first-order valence-electron chi connectivity index (χ1n) is 29.5. The molecule has 0 bridgehead atoms. The number of rotatable bonds is 55. The Morgan fingerprint density at radius 2 is 0.415 bits per heavy atom. The predicted molar refractivity (Wildman–Crippen MR) is 280 cm³/mol. The molecule has 65 heavy (non-hydrogen) atoms. The molecule has 6 nitrogen and oxygen atoms in total. The van der Waals surface area contributed by atoms with Crippen molar-refractivity contribution in [2.24, 2.45) is 0 Å². The average Bonchev–Trinajstić information content (AvgIpc) is 3.30. The molecule has 386 valence electrons. The molecule has 0 amide bonds. The van der Waals surface area contributed by atoms with Crippen LogP contribution in [0.4, 0.5) is 0 Å². The molecule has 0 saturated carbocycles. The Morgan fingerprint density at radius 1 is 0.246 bits per heavy atom. The number of ether oxygens (including phenoxy) is 3. The highest BCUT2D eigenvalue weighted by Crippen LogP contribution is 2.18. The van der Waals surface area contributed by atoms with Crippen LogP contribution in [0.3, 0.4) is 0 Å². The molecule has 0 heterocycles. The molecule has 0 rings (SSSR count). The minimum atomic E-state index is -0.758. The Morgan fingerprint density at radius 3 is 0.615 bits per heavy atom. The van der Waals surface area contributed by atoms with E-state index in [1.54, 1.807) is 0 Å². The Kier molecular flexibility index (Phi) is 53.7. The quantitative estimate of drug-likeness (QED) is 0.0344. The van der Waals surface area contributed by atoms with E-state index in [9.17, 15) is 14.4 Å². The van der Waals surface area contributed by atoms with Crippen molar-refractivity contribution in [3.05, 3.63) is 0 Å². The van der Waals surface area contributed by atoms with Crippen LogP contribution in [-0.4, -0.2) is 37.2 Å². The van der Waals surface area contributed by atoms with Crippen molar-refractivity contribution in [3.63, 3.8) is 0 Å². The minimum absolute atomic E-state index is 0.0635. The summed E-state index contributed by atoms with van der Waals surface area (Å²) in [5, 5.41) is 0. The van der Waals surface area contributed by atoms with Gasteiger partial charge in [-0.1, -0.05) is 303 Å². The van der Waals surface area contributed by atoms with Gasteiger partial charge in [0.25, 0.3) is 0 Å². The Labute approximate surface area is 406 Å². The summed E-state index contributed by atoms with van der Waals surface area (Å²) in [5.41, 5.74) is 0. The van der Waals surface area contributed by atoms with Gasteiger partial charge >= 0.3 is 17.9 Å². The molecular formula is C59H114O6. The van der Waals surface area contributed by atoms with Crippen molar-refractivity contribution in [2.45, 2.75) is 348 Å². The summed E-state index contributed by atoms with van der Waals surface area (Å²) in [6, 6.07) is 0. The Balaban J connectivity index is 3.78. The number of hydrogen-bond donors (Lipinski definition) is 0. The van der Waals surface area contributed by atoms with Gasteiger partial charge in [0.15, 0.2) is 6.10 Å². The van der Waals surface area contributed by atoms with Gasteiger partial charge in [0, 0.05) is 19.3 Å². The fourth-order valence-corrected chi connectivity index (χ4v) is 9.15. The SMILES string of the molecule is CCCCCCCCCCCCCCCCCCCCCCCCCCCCCCCCCCC(=O)OCC(COC(=O)CCCCCCC)OC(=O)CCCCCCCCCCCC. The van der Waals surface area contributed by atoms with Gasteiger partial charge in [0.1, 0.15) is 13.2 Å². The van der Waals surface area contributed by atoms with E-state index in [0.29, 0.717) is 19.3 Å². The van der Waals surface area contributed by atoms with Crippen LogP contribution in [-0.2, 0) is 28.6 Å². The fourth-order valence-electron chi connectivity index (χ4n) is 9.15. The second-order valence-electron chi connectivity index (χ2n) is 20.3. The second-order valence-corrected chi connectivity index (χ2v) is 20.3. The summed E-state index contributed by atoms with van der Waals surface area (Å²) < 4.78 is 16.7. The lowest BCUT2D eigenvalue weighted by Crippen LogP contribution is -2.30. The van der Waals surface area contributed by atoms with Crippen LogP contribution in [0.1, 0.15) is 342 Å². The third kappa shape index (κ3) is 53.2. The number of carbonyl (C=O) groups excluding carboxylic acids is 3. The van der Waals surface area contributed by atoms with Crippen molar-refractivity contribution in [2.75, 3.05) is 13.2 Å². The van der Waals surface area contributed by atoms with Gasteiger partial charge in [-0.3, -0.25) is 14.4 Å². The lowest BCUT2D eigenvalue weighted by molar-refractivity contribution is -0.167. The van der Waals surface area contributed by atoms with E-state index in [2.05, 4.69) is 20.8 Å². The molecule has 1 atom stereocenters. The van der Waals surface area contributed by atoms with E-state index in [0.717, 1.165) is 64.2 Å². The third-order valence-electron chi connectivity index (χ3n) is 13.6. The van der Waals surface area contributed by atoms with Crippen LogP contribution < -0.4 is 0 Å². The summed E-state index contributed by atoms with van der Waals surface area (Å²) >= 11 is 0. The standard InChI is InChI=1S/C59H114O6/c1-4-7-10-13-15-17-19-20-21-22-23-24-25-26-27-28-29-30-31-32-33-34-35-36-37-38-39-40-42-43-46-49-52-58(61)64-55-56(54-63-57(60)51-48-45-12-9-6-3)65-59(62)53-50-47-44-41-18-16-14-11-8-5-2/h56H,4-55H2,1-3H3. The molecular weight excluding hydrogens is 805 g/mol. The van der Waals surface area contributed by atoms with E-state index in [1.165, 1.54) is 238 Å². The fraction of sp³-hybridized carbons (Fsp3) is 0.949. The Bertz CT molecular complexity index is 967. The molecule has 0 aromatic heterocycles. The number of esters is 3. The average molecular weight is 920 g/mol. The maximum absolute atomic E-state index is 12.7. The van der Waals surface area contributed by atoms with Crippen LogP contribution in [0.2, 0.25) is 0 Å². The number of hydrogen-bond acceptors (Lipinski definition) is 6. The van der Waals surface area contributed by atoms with Gasteiger partial charge in [-0.2, -0.15) is 0 Å². The lowest BCUT2D eigenvalue weighted by Gasteiger charge is -2.18. The van der Waals surface area contributed by atoms with E-state index >= 15 is 0 Å². The van der Waals surface area contributed by atoms with Crippen molar-refractivity contribution >= 4 is 17.9 Å². The number of carbonyl (C=O) groups is 3. The first-order valence-corrected chi connectivity index (χ1v) is 29.5. The van der Waals surface area contributed by atoms with Crippen LogP contribution in [0.5, 0.6) is 0 Å². The van der Waals surface area contributed by atoms with Gasteiger partial charge in [0.2, 0.25) is 0 Å². The highest BCUT2D eigenvalue weighted by atomic mass is 16.6. The first kappa shape index (κ1) is 63.4. The number of unbranched alkanes of at least 4 members (excludes halogenated alkanes) is 44. The van der Waals surface area contributed by atoms with E-state index in [4.69, 9.17) is 14.2 Å². The molecule has 6 heteroatoms. The highest BCUT2D eigenvalue weighted by Gasteiger charge is 2.19. The van der Waals surface area contributed by atoms with E-state index in [1.807, 2.05) is 0 Å². The van der Waals surface area contributed by atoms with Crippen molar-refractivity contribution in [3.8, 4) is 0 Å². The van der Waals surface area contributed by atoms with E-state index < -0.39 is 6.10 Å². The molecule has 0 fully saturated rings. The normalized spacial score (nSPS) is 11.9. The van der Waals surface area contributed by atoms with E-state index in [-0.39, 0.29) is 31.1 Å². The van der Waals surface area contributed by atoms with Crippen molar-refractivity contribution < 1.29 is 28.6 Å². The molecule has 0 N–H and O–H groups in total. The smallest absolute Gasteiger partial charge is 0.306 e. The third-order valence-corrected chi connectivity index (χ3v) is 13.6. The molecule has 1 unspecified atom stereocenters. The van der Waals surface area contributed by atoms with Crippen molar-refractivity contribution in [1.82, 2.24) is 0 Å². The monoisotopic (exact) mass is 919 g/mol. The van der Waals surface area contributed by atoms with Gasteiger partial charge in [-0.15, -0.1) is 0 Å². The summed E-state index contributed by atoms with van der Waals surface area (Å²) in [4.78, 5) is 37.6. The first-order chi connectivity index (χ1) is 32.0. The van der Waals surface area contributed by atoms with Crippen LogP contribution >= 0.6 is 0 Å². The lowest BCUT2D eigenvalue weighted by atomic mass is 10.0. The molecule has 0 aliphatic heterocycles. The molecule has 0 saturated heterocycles. The zero-order valence-corrected chi connectivity index (χ0v) is 44.3. The maximum Gasteiger partial charge on any atom is 0.306 e. The second kappa shape index (κ2) is 55.0. The largest absolute Gasteiger partial charge is 0.462 e. The summed E-state index contributed by atoms with van der Waals surface area (Å²) in [5.74, 6) is -0.860. The summed E-state index contributed by atoms with van der Waals surface area (Å²) in [6.45, 7) is 6.59. The van der Waals surface area contributed by atoms with Crippen LogP contribution in [0, 0.1) is 0 Å². The molecule has 0 aliphatic carbocycles. The van der Waals surface area contributed by atoms with Gasteiger partial charge < -0.3 is 14.2 Å². The minimum Gasteiger partial charge on any atom is -0.462 e. The highest BCUT2D eigenvalue weighted by molar-refractivity contribution is 5.71. The molecule has 0 radical (unpaired) electrons. The van der Waals surface area contributed by atoms with Crippen LogP contribution in [0.25, 0.3) is 0 Å². The zero-order valence-electron chi connectivity index (χ0n) is 44.3. The summed E-state index contributed by atoms with van der Waals surface area (Å²) in [7, 11) is 0. The van der Waals surface area contributed by atoms with Crippen LogP contribution in [0.15, 0.2) is 0 Å². The Hall–Kier alpha value is -1.59. The van der Waals surface area contributed by atoms with Gasteiger partial charge in [-0.05, 0) is 19.3 Å². The zero-order chi connectivity index (χ0) is 47.2. The summed E-state index contributed by atoms with van der Waals surface area (Å²) in [6.07, 6.45) is 61.8. The molecule has 0 spiro atoms. The van der Waals surface area contributed by atoms with Gasteiger partial charge in [-0.25, -0.2) is 0 Å². The van der Waals surface area contributed by atoms with Crippen molar-refractivity contribution in [1.29, 1.82) is 0 Å². The van der Waals surface area contributed by atoms with Gasteiger partial charge in [0.05, 0.1) is 0 Å².